The maximum Gasteiger partial charge on any atom is 0.326 e. The van der Waals surface area contributed by atoms with Gasteiger partial charge in [0.2, 0.25) is 0 Å². The van der Waals surface area contributed by atoms with E-state index in [1.165, 1.54) is 24.3 Å². The van der Waals surface area contributed by atoms with E-state index in [1.54, 1.807) is 36.4 Å². The molecule has 39 heavy (non-hydrogen) atoms. The average Bonchev–Trinajstić information content (AvgIpc) is 3.23. The Morgan fingerprint density at radius 1 is 0.897 bits per heavy atom. The van der Waals surface area contributed by atoms with Crippen LogP contribution in [0.25, 0.3) is 10.9 Å². The van der Waals surface area contributed by atoms with Gasteiger partial charge >= 0.3 is 5.97 Å². The Labute approximate surface area is 231 Å². The number of rotatable bonds is 9. The predicted molar refractivity (Wildman–Crippen MR) is 144 cm³/mol. The second kappa shape index (κ2) is 11.5. The number of H-pyrrole nitrogens is 1. The van der Waals surface area contributed by atoms with Gasteiger partial charge in [0, 0.05) is 29.4 Å². The zero-order chi connectivity index (χ0) is 28.3. The largest absolute Gasteiger partial charge is 0.508 e. The summed E-state index contributed by atoms with van der Waals surface area (Å²) in [6.45, 7) is 0.106. The van der Waals surface area contributed by atoms with Crippen molar-refractivity contribution in [3.63, 3.8) is 0 Å². The van der Waals surface area contributed by atoms with E-state index in [2.05, 4.69) is 15.6 Å². The van der Waals surface area contributed by atoms with Gasteiger partial charge in [-0.1, -0.05) is 47.5 Å². The summed E-state index contributed by atoms with van der Waals surface area (Å²) in [5.41, 5.74) is 0.700. The Hall–Kier alpha value is -4.54. The highest BCUT2D eigenvalue weighted by atomic mass is 35.5. The van der Waals surface area contributed by atoms with Crippen molar-refractivity contribution in [1.82, 2.24) is 15.6 Å². The number of benzene rings is 3. The first kappa shape index (κ1) is 27.5. The lowest BCUT2D eigenvalue weighted by Gasteiger charge is -2.15. The highest BCUT2D eigenvalue weighted by Crippen LogP contribution is 2.30. The number of Topliss-reactive ketones (excluding diaryl/α,β-unsaturated/α-hetero) is 1. The molecule has 0 unspecified atom stereocenters. The number of hydrogen-bond donors (Lipinski definition) is 6. The van der Waals surface area contributed by atoms with Crippen molar-refractivity contribution in [2.45, 2.75) is 19.0 Å². The Balaban J connectivity index is 1.47. The van der Waals surface area contributed by atoms with Gasteiger partial charge in [0.15, 0.2) is 11.5 Å². The molecular formula is C27H21Cl2N3O7. The minimum atomic E-state index is -1.67. The summed E-state index contributed by atoms with van der Waals surface area (Å²) in [6.07, 6.45) is -0.704. The van der Waals surface area contributed by atoms with E-state index in [4.69, 9.17) is 23.2 Å². The van der Waals surface area contributed by atoms with Gasteiger partial charge in [-0.2, -0.15) is 0 Å². The smallest absolute Gasteiger partial charge is 0.326 e. The van der Waals surface area contributed by atoms with Gasteiger partial charge in [-0.15, -0.1) is 0 Å². The Kier molecular flexibility index (Phi) is 8.08. The van der Waals surface area contributed by atoms with Crippen LogP contribution in [0.15, 0.2) is 60.7 Å². The van der Waals surface area contributed by atoms with Crippen molar-refractivity contribution < 1.29 is 34.5 Å². The van der Waals surface area contributed by atoms with Crippen molar-refractivity contribution >= 4 is 57.7 Å². The van der Waals surface area contributed by atoms with Crippen LogP contribution in [0.5, 0.6) is 11.5 Å². The molecule has 0 saturated heterocycles. The molecule has 0 saturated carbocycles. The molecule has 0 spiro atoms. The number of aromatic hydroxyl groups is 2. The van der Waals surface area contributed by atoms with Crippen LogP contribution < -0.4 is 10.6 Å². The molecule has 0 radical (unpaired) electrons. The molecule has 0 bridgehead atoms. The molecule has 2 amide bonds. The first-order valence-corrected chi connectivity index (χ1v) is 12.2. The fourth-order valence-corrected chi connectivity index (χ4v) is 4.63. The summed E-state index contributed by atoms with van der Waals surface area (Å²) in [6, 6.07) is 13.6. The third kappa shape index (κ3) is 6.14. The van der Waals surface area contributed by atoms with Gasteiger partial charge in [-0.05, 0) is 42.0 Å². The summed E-state index contributed by atoms with van der Waals surface area (Å²) in [5, 5.41) is 34.4. The number of hydrogen-bond acceptors (Lipinski definition) is 6. The maximum absolute atomic E-state index is 13.0. The van der Waals surface area contributed by atoms with Crippen molar-refractivity contribution in [2.24, 2.45) is 0 Å². The summed E-state index contributed by atoms with van der Waals surface area (Å²) < 4.78 is 0. The molecule has 12 heteroatoms. The number of carbonyl (C=O) groups excluding carboxylic acids is 3. The minimum absolute atomic E-state index is 0.0460. The summed E-state index contributed by atoms with van der Waals surface area (Å²) in [7, 11) is 0. The molecule has 0 aliphatic carbocycles. The van der Waals surface area contributed by atoms with Gasteiger partial charge in [-0.3, -0.25) is 14.4 Å². The number of ketones is 1. The van der Waals surface area contributed by atoms with E-state index < -0.39 is 36.0 Å². The number of para-hydroxylation sites is 1. The van der Waals surface area contributed by atoms with Crippen molar-refractivity contribution in [3.05, 3.63) is 93.1 Å². The number of fused-ring (bicyclic) bond motifs is 1. The molecule has 6 N–H and O–H groups in total. The van der Waals surface area contributed by atoms with Crippen molar-refractivity contribution in [2.75, 3.05) is 0 Å². The van der Waals surface area contributed by atoms with E-state index in [9.17, 15) is 34.5 Å². The molecule has 0 aliphatic heterocycles. The lowest BCUT2D eigenvalue weighted by atomic mass is 10.0. The zero-order valence-electron chi connectivity index (χ0n) is 20.0. The molecule has 4 rings (SSSR count). The molecule has 1 aromatic heterocycles. The monoisotopic (exact) mass is 569 g/mol. The normalized spacial score (nSPS) is 11.6. The Morgan fingerprint density at radius 3 is 2.23 bits per heavy atom. The fourth-order valence-electron chi connectivity index (χ4n) is 3.93. The topological polar surface area (TPSA) is 169 Å². The third-order valence-corrected chi connectivity index (χ3v) is 6.44. The van der Waals surface area contributed by atoms with Crippen LogP contribution in [0.2, 0.25) is 10.0 Å². The molecular weight excluding hydrogens is 549 g/mol. The third-order valence-electron chi connectivity index (χ3n) is 5.85. The van der Waals surface area contributed by atoms with Gasteiger partial charge in [0.05, 0.1) is 15.6 Å². The molecule has 1 atom stereocenters. The summed E-state index contributed by atoms with van der Waals surface area (Å²) in [5.74, 6) is -4.07. The second-order valence-corrected chi connectivity index (χ2v) is 9.37. The van der Waals surface area contributed by atoms with Crippen LogP contribution >= 0.6 is 23.2 Å². The SMILES string of the molecule is O=C(NCc1cccc(O)c1)c1cc(Cl)c(C(=O)C[C@H](NC(=O)c2[nH]c3ccccc3c2O)C(=O)O)c(Cl)c1. The van der Waals surface area contributed by atoms with Gasteiger partial charge in [0.25, 0.3) is 11.8 Å². The number of carbonyl (C=O) groups is 4. The second-order valence-electron chi connectivity index (χ2n) is 8.55. The number of carboxylic acids is 1. The van der Waals surface area contributed by atoms with Gasteiger partial charge in [-0.25, -0.2) is 4.79 Å². The van der Waals surface area contributed by atoms with Crippen LogP contribution in [0, 0.1) is 0 Å². The van der Waals surface area contributed by atoms with E-state index in [0.717, 1.165) is 0 Å². The fraction of sp³-hybridized carbons (Fsp3) is 0.111. The number of amides is 2. The minimum Gasteiger partial charge on any atom is -0.508 e. The quantitative estimate of drug-likeness (QED) is 0.163. The molecule has 3 aromatic carbocycles. The van der Waals surface area contributed by atoms with Crippen LogP contribution in [-0.4, -0.2) is 49.9 Å². The van der Waals surface area contributed by atoms with Crippen molar-refractivity contribution in [1.29, 1.82) is 0 Å². The average molecular weight is 570 g/mol. The molecule has 1 heterocycles. The number of aromatic amines is 1. The van der Waals surface area contributed by atoms with E-state index in [0.29, 0.717) is 16.5 Å². The molecule has 0 aliphatic rings. The van der Waals surface area contributed by atoms with Crippen LogP contribution in [0.1, 0.15) is 43.2 Å². The molecule has 4 aromatic rings. The van der Waals surface area contributed by atoms with E-state index in [1.807, 2.05) is 0 Å². The standard InChI is InChI=1S/C27H21Cl2N3O7/c28-17-9-14(25(36)30-12-13-4-3-5-15(33)8-13)10-18(29)22(17)21(34)11-20(27(38)39)32-26(37)23-24(35)16-6-1-2-7-19(16)31-23/h1-10,20,31,33,35H,11-12H2,(H,30,36)(H,32,37)(H,38,39)/t20-/m0/s1. The van der Waals surface area contributed by atoms with E-state index in [-0.39, 0.29) is 44.9 Å². The maximum atomic E-state index is 13.0. The number of carboxylic acid groups (broad SMARTS) is 1. The van der Waals surface area contributed by atoms with E-state index >= 15 is 0 Å². The number of aromatic nitrogens is 1. The molecule has 10 nitrogen and oxygen atoms in total. The highest BCUT2D eigenvalue weighted by Gasteiger charge is 2.29. The predicted octanol–water partition coefficient (Wildman–Crippen LogP) is 4.27. The first-order chi connectivity index (χ1) is 18.5. The lowest BCUT2D eigenvalue weighted by molar-refractivity contribution is -0.139. The number of halogens is 2. The molecule has 200 valence electrons. The van der Waals surface area contributed by atoms with Crippen molar-refractivity contribution in [3.8, 4) is 11.5 Å². The Morgan fingerprint density at radius 2 is 1.59 bits per heavy atom. The first-order valence-electron chi connectivity index (χ1n) is 11.5. The number of aliphatic carboxylic acids is 1. The number of phenolic OH excluding ortho intramolecular Hbond substituents is 1. The van der Waals surface area contributed by atoms with Crippen LogP contribution in [0.3, 0.4) is 0 Å². The number of phenols is 1. The highest BCUT2D eigenvalue weighted by molar-refractivity contribution is 6.40. The Bertz CT molecular complexity index is 1590. The summed E-state index contributed by atoms with van der Waals surface area (Å²) in [4.78, 5) is 52.8. The lowest BCUT2D eigenvalue weighted by Crippen LogP contribution is -2.42. The van der Waals surface area contributed by atoms with Gasteiger partial charge < -0.3 is 30.9 Å². The van der Waals surface area contributed by atoms with Crippen LogP contribution in [-0.2, 0) is 11.3 Å². The van der Waals surface area contributed by atoms with Gasteiger partial charge in [0.1, 0.15) is 17.5 Å². The van der Waals surface area contributed by atoms with Crippen LogP contribution in [0.4, 0.5) is 0 Å². The zero-order valence-corrected chi connectivity index (χ0v) is 21.5. The summed E-state index contributed by atoms with van der Waals surface area (Å²) >= 11 is 12.5. The molecule has 0 fully saturated rings. The number of nitrogens with one attached hydrogen (secondary N) is 3.